The molecule has 0 N–H and O–H groups in total. The summed E-state index contributed by atoms with van der Waals surface area (Å²) in [5.74, 6) is -0.505. The molecule has 0 saturated heterocycles. The van der Waals surface area contributed by atoms with Gasteiger partial charge in [0.15, 0.2) is 0 Å². The zero-order valence-corrected chi connectivity index (χ0v) is 17.6. The first kappa shape index (κ1) is 20.1. The Hall–Kier alpha value is -3.18. The summed E-state index contributed by atoms with van der Waals surface area (Å²) >= 11 is 0. The molecule has 0 atom stereocenters. The van der Waals surface area contributed by atoms with Gasteiger partial charge in [-0.2, -0.15) is 0 Å². The molecule has 5 heteroatoms. The van der Waals surface area contributed by atoms with E-state index in [1.807, 2.05) is 12.1 Å². The highest BCUT2D eigenvalue weighted by Crippen LogP contribution is 2.40. The zero-order chi connectivity index (χ0) is 21.1. The van der Waals surface area contributed by atoms with Gasteiger partial charge >= 0.3 is 0 Å². The molecule has 30 heavy (non-hydrogen) atoms. The molecule has 0 fully saturated rings. The Balaban J connectivity index is 1.81. The average molecular weight is 418 g/mol. The largest absolute Gasteiger partial charge is 0.314 e. The fourth-order valence-corrected chi connectivity index (χ4v) is 5.13. The summed E-state index contributed by atoms with van der Waals surface area (Å²) in [4.78, 5) is 14.8. The van der Waals surface area contributed by atoms with Crippen molar-refractivity contribution in [3.05, 3.63) is 101 Å². The molecule has 0 radical (unpaired) electrons. The maximum atomic E-state index is 13.3. The van der Waals surface area contributed by atoms with E-state index in [0.717, 1.165) is 24.9 Å². The molecule has 1 heterocycles. The first-order valence-electron chi connectivity index (χ1n) is 10.1. The van der Waals surface area contributed by atoms with Gasteiger partial charge in [0.2, 0.25) is 15.6 Å². The summed E-state index contributed by atoms with van der Waals surface area (Å²) in [5.41, 5.74) is 2.95. The lowest BCUT2D eigenvalue weighted by Crippen LogP contribution is -2.25. The molecule has 3 aromatic rings. The molecule has 0 bridgehead atoms. The van der Waals surface area contributed by atoms with Crippen LogP contribution in [0.25, 0.3) is 0 Å². The summed E-state index contributed by atoms with van der Waals surface area (Å²) in [6, 6.07) is 23.4. The van der Waals surface area contributed by atoms with Crippen molar-refractivity contribution < 1.29 is 13.2 Å². The summed E-state index contributed by atoms with van der Waals surface area (Å²) in [6.45, 7) is 2.16. The van der Waals surface area contributed by atoms with Crippen molar-refractivity contribution in [3.63, 3.8) is 0 Å². The quantitative estimate of drug-likeness (QED) is 0.484. The van der Waals surface area contributed by atoms with E-state index in [1.165, 1.54) is 11.8 Å². The fourth-order valence-electron chi connectivity index (χ4n) is 3.59. The third-order valence-electron chi connectivity index (χ3n) is 5.24. The molecule has 0 amide bonds. The molecule has 0 unspecified atom stereocenters. The lowest BCUT2D eigenvalue weighted by molar-refractivity contribution is 0.104. The third kappa shape index (κ3) is 3.68. The number of anilines is 2. The van der Waals surface area contributed by atoms with Gasteiger partial charge in [0.05, 0.1) is 10.6 Å². The number of rotatable bonds is 6. The van der Waals surface area contributed by atoms with Crippen molar-refractivity contribution >= 4 is 27.0 Å². The Morgan fingerprint density at radius 1 is 0.867 bits per heavy atom. The lowest BCUT2D eigenvalue weighted by Gasteiger charge is -2.29. The van der Waals surface area contributed by atoms with Crippen molar-refractivity contribution in [3.8, 4) is 0 Å². The number of hydrogen-bond acceptors (Lipinski definition) is 4. The Labute approximate surface area is 177 Å². The van der Waals surface area contributed by atoms with Crippen molar-refractivity contribution in [2.45, 2.75) is 31.1 Å². The van der Waals surface area contributed by atoms with Crippen LogP contribution in [0.1, 0.15) is 35.7 Å². The molecule has 1 aliphatic rings. The van der Waals surface area contributed by atoms with Crippen molar-refractivity contribution in [2.24, 2.45) is 0 Å². The predicted octanol–water partition coefficient (Wildman–Crippen LogP) is 5.68. The minimum atomic E-state index is -3.92. The second kappa shape index (κ2) is 8.28. The summed E-state index contributed by atoms with van der Waals surface area (Å²) in [5, 5.41) is 0. The summed E-state index contributed by atoms with van der Waals surface area (Å²) in [7, 11) is -3.92. The topological polar surface area (TPSA) is 54.5 Å². The van der Waals surface area contributed by atoms with Crippen molar-refractivity contribution in [2.75, 3.05) is 4.90 Å². The highest BCUT2D eigenvalue weighted by Gasteiger charge is 2.35. The van der Waals surface area contributed by atoms with Crippen molar-refractivity contribution in [1.82, 2.24) is 0 Å². The Bertz CT molecular complexity index is 1200. The maximum absolute atomic E-state index is 13.3. The molecule has 0 spiro atoms. The van der Waals surface area contributed by atoms with E-state index < -0.39 is 15.6 Å². The number of ketones is 1. The van der Waals surface area contributed by atoms with E-state index >= 15 is 0 Å². The Morgan fingerprint density at radius 2 is 1.53 bits per heavy atom. The SMILES string of the molecule is CCCCc1ccc(N2C=C(C(=O)c3ccccc3)S(=O)(=O)c3ccccc32)cc1. The molecule has 0 aliphatic carbocycles. The van der Waals surface area contributed by atoms with Gasteiger partial charge in [-0.05, 0) is 42.7 Å². The fraction of sp³-hybridized carbons (Fsp3) is 0.160. The van der Waals surface area contributed by atoms with E-state index in [9.17, 15) is 13.2 Å². The van der Waals surface area contributed by atoms with Gasteiger partial charge in [-0.1, -0.05) is 67.9 Å². The molecule has 3 aromatic carbocycles. The molecule has 1 aliphatic heterocycles. The number of carbonyl (C=O) groups is 1. The van der Waals surface area contributed by atoms with Gasteiger partial charge in [-0.25, -0.2) is 8.42 Å². The van der Waals surface area contributed by atoms with Gasteiger partial charge in [0, 0.05) is 17.5 Å². The number of hydrogen-bond donors (Lipinski definition) is 0. The minimum absolute atomic E-state index is 0.141. The van der Waals surface area contributed by atoms with Gasteiger partial charge in [0.1, 0.15) is 4.91 Å². The Kier molecular flexibility index (Phi) is 5.55. The number of sulfone groups is 1. The molecule has 4 rings (SSSR count). The molecule has 0 saturated carbocycles. The Morgan fingerprint density at radius 3 is 2.23 bits per heavy atom. The van der Waals surface area contributed by atoms with Crippen LogP contribution in [0.2, 0.25) is 0 Å². The van der Waals surface area contributed by atoms with Crippen LogP contribution < -0.4 is 4.90 Å². The van der Waals surface area contributed by atoms with Gasteiger partial charge < -0.3 is 4.90 Å². The van der Waals surface area contributed by atoms with E-state index in [1.54, 1.807) is 59.5 Å². The second-order valence-corrected chi connectivity index (χ2v) is 9.19. The second-order valence-electron chi connectivity index (χ2n) is 7.30. The molecule has 0 aromatic heterocycles. The van der Waals surface area contributed by atoms with E-state index in [-0.39, 0.29) is 9.80 Å². The van der Waals surface area contributed by atoms with E-state index in [4.69, 9.17) is 0 Å². The van der Waals surface area contributed by atoms with Crippen LogP contribution in [0.5, 0.6) is 0 Å². The normalized spacial score (nSPS) is 14.7. The number of allylic oxidation sites excluding steroid dienone is 1. The maximum Gasteiger partial charge on any atom is 0.214 e. The molecular weight excluding hydrogens is 394 g/mol. The number of aryl methyl sites for hydroxylation is 1. The third-order valence-corrected chi connectivity index (χ3v) is 7.04. The smallest absolute Gasteiger partial charge is 0.214 e. The van der Waals surface area contributed by atoms with Crippen molar-refractivity contribution in [1.29, 1.82) is 0 Å². The number of nitrogens with zero attached hydrogens (tertiary/aromatic N) is 1. The van der Waals surface area contributed by atoms with Gasteiger partial charge in [-0.15, -0.1) is 0 Å². The minimum Gasteiger partial charge on any atom is -0.314 e. The highest BCUT2D eigenvalue weighted by molar-refractivity contribution is 7.96. The predicted molar refractivity (Wildman–Crippen MR) is 120 cm³/mol. The zero-order valence-electron chi connectivity index (χ0n) is 16.8. The monoisotopic (exact) mass is 417 g/mol. The van der Waals surface area contributed by atoms with Crippen LogP contribution in [0.15, 0.2) is 94.9 Å². The lowest BCUT2D eigenvalue weighted by atomic mass is 10.1. The molecule has 152 valence electrons. The first-order chi connectivity index (χ1) is 14.5. The van der Waals surface area contributed by atoms with Crippen LogP contribution >= 0.6 is 0 Å². The number of Topliss-reactive ketones (excluding diaryl/α,β-unsaturated/α-hetero) is 1. The molecular formula is C25H23NO3S. The number of fused-ring (bicyclic) bond motifs is 1. The number of para-hydroxylation sites is 1. The average Bonchev–Trinajstić information content (AvgIpc) is 2.78. The van der Waals surface area contributed by atoms with Crippen LogP contribution in [-0.2, 0) is 16.3 Å². The van der Waals surface area contributed by atoms with E-state index in [0.29, 0.717) is 11.3 Å². The van der Waals surface area contributed by atoms with Crippen LogP contribution in [0.4, 0.5) is 11.4 Å². The number of carbonyl (C=O) groups excluding carboxylic acids is 1. The standard InChI is InChI=1S/C25H23NO3S/c1-2-3-9-19-14-16-21(17-15-19)26-18-24(25(27)20-10-5-4-6-11-20)30(28,29)23-13-8-7-12-22(23)26/h4-8,10-18H,2-3,9H2,1H3. The summed E-state index contributed by atoms with van der Waals surface area (Å²) in [6.07, 6.45) is 4.72. The number of benzene rings is 3. The van der Waals surface area contributed by atoms with Crippen LogP contribution in [-0.4, -0.2) is 14.2 Å². The summed E-state index contributed by atoms with van der Waals surface area (Å²) < 4.78 is 26.5. The first-order valence-corrected chi connectivity index (χ1v) is 11.5. The highest BCUT2D eigenvalue weighted by atomic mass is 32.2. The number of unbranched alkanes of at least 4 members (excludes halogenated alkanes) is 1. The van der Waals surface area contributed by atoms with Crippen LogP contribution in [0.3, 0.4) is 0 Å². The van der Waals surface area contributed by atoms with Gasteiger partial charge in [0.25, 0.3) is 0 Å². The van der Waals surface area contributed by atoms with E-state index in [2.05, 4.69) is 19.1 Å². The van der Waals surface area contributed by atoms with Gasteiger partial charge in [-0.3, -0.25) is 4.79 Å². The molecule has 4 nitrogen and oxygen atoms in total. The van der Waals surface area contributed by atoms with Crippen LogP contribution in [0, 0.1) is 0 Å².